The molecule has 0 aliphatic carbocycles. The third-order valence-electron chi connectivity index (χ3n) is 8.45. The van der Waals surface area contributed by atoms with Crippen LogP contribution in [-0.4, -0.2) is 35.1 Å². The van der Waals surface area contributed by atoms with E-state index in [1.54, 1.807) is 53.4 Å². The molecule has 6 rings (SSSR count). The molecule has 0 spiro atoms. The van der Waals surface area contributed by atoms with Gasteiger partial charge in [0.2, 0.25) is 11.8 Å². The van der Waals surface area contributed by atoms with E-state index >= 15 is 0 Å². The van der Waals surface area contributed by atoms with Crippen LogP contribution < -0.4 is 16.0 Å². The van der Waals surface area contributed by atoms with Crippen LogP contribution in [0.4, 0.5) is 10.7 Å². The number of nitrogens with zero attached hydrogens (tertiary/aromatic N) is 2. The summed E-state index contributed by atoms with van der Waals surface area (Å²) in [4.78, 5) is 56.2. The molecular formula is C41H35N5O4S2. The number of hydrogen-bond acceptors (Lipinski definition) is 7. The summed E-state index contributed by atoms with van der Waals surface area (Å²) in [5, 5.41) is 18.5. The summed E-state index contributed by atoms with van der Waals surface area (Å²) in [7, 11) is 0. The second-order valence-electron chi connectivity index (χ2n) is 12.2. The van der Waals surface area contributed by atoms with E-state index in [2.05, 4.69) is 22.0 Å². The zero-order valence-corrected chi connectivity index (χ0v) is 30.1. The first kappa shape index (κ1) is 35.9. The molecule has 1 unspecified atom stereocenters. The lowest BCUT2D eigenvalue weighted by atomic mass is 10.0. The van der Waals surface area contributed by atoms with Crippen LogP contribution in [0.1, 0.15) is 55.2 Å². The van der Waals surface area contributed by atoms with E-state index < -0.39 is 17.1 Å². The van der Waals surface area contributed by atoms with E-state index in [-0.39, 0.29) is 17.5 Å². The van der Waals surface area contributed by atoms with Gasteiger partial charge in [0.25, 0.3) is 11.8 Å². The summed E-state index contributed by atoms with van der Waals surface area (Å²) in [5.41, 5.74) is 4.83. The summed E-state index contributed by atoms with van der Waals surface area (Å²) in [5.74, 6) is -1.27. The highest BCUT2D eigenvalue weighted by molar-refractivity contribution is 8.00. The number of carbonyl (C=O) groups is 4. The number of benzene rings is 4. The minimum absolute atomic E-state index is 0.0300. The van der Waals surface area contributed by atoms with Crippen molar-refractivity contribution in [2.75, 3.05) is 17.2 Å². The number of rotatable bonds is 10. The van der Waals surface area contributed by atoms with Crippen molar-refractivity contribution in [2.24, 2.45) is 0 Å². The Morgan fingerprint density at radius 3 is 2.31 bits per heavy atom. The molecule has 0 fully saturated rings. The van der Waals surface area contributed by atoms with Crippen molar-refractivity contribution in [3.8, 4) is 6.07 Å². The zero-order valence-electron chi connectivity index (χ0n) is 28.5. The number of nitriles is 1. The molecule has 1 aliphatic heterocycles. The summed E-state index contributed by atoms with van der Waals surface area (Å²) < 4.78 is 0. The molecular weight excluding hydrogens is 691 g/mol. The van der Waals surface area contributed by atoms with Gasteiger partial charge in [-0.25, -0.2) is 0 Å². The highest BCUT2D eigenvalue weighted by atomic mass is 32.2. The highest BCUT2D eigenvalue weighted by Crippen LogP contribution is 2.40. The minimum atomic E-state index is -0.700. The molecule has 11 heteroatoms. The molecule has 1 aliphatic rings. The number of hydrogen-bond donors (Lipinski definition) is 3. The summed E-state index contributed by atoms with van der Waals surface area (Å²) in [6.07, 6.45) is 2.18. The number of anilines is 2. The summed E-state index contributed by atoms with van der Waals surface area (Å²) in [6.45, 7) is 4.43. The molecule has 1 atom stereocenters. The number of thiophene rings is 1. The summed E-state index contributed by atoms with van der Waals surface area (Å²) in [6, 6.07) is 35.0. The van der Waals surface area contributed by atoms with Gasteiger partial charge in [0.05, 0.1) is 12.1 Å². The molecule has 4 aromatic carbocycles. The fraction of sp³-hybridized carbons (Fsp3) is 0.146. The van der Waals surface area contributed by atoms with Crippen LogP contribution >= 0.6 is 23.1 Å². The highest BCUT2D eigenvalue weighted by Gasteiger charge is 2.29. The largest absolute Gasteiger partial charge is 0.337 e. The van der Waals surface area contributed by atoms with E-state index in [4.69, 9.17) is 0 Å². The van der Waals surface area contributed by atoms with Gasteiger partial charge in [-0.2, -0.15) is 5.26 Å². The van der Waals surface area contributed by atoms with Gasteiger partial charge in [0.15, 0.2) is 0 Å². The molecule has 5 aromatic rings. The van der Waals surface area contributed by atoms with Crippen molar-refractivity contribution in [3.05, 3.63) is 153 Å². The van der Waals surface area contributed by atoms with Gasteiger partial charge in [-0.15, -0.1) is 23.1 Å². The van der Waals surface area contributed by atoms with Crippen molar-refractivity contribution < 1.29 is 19.2 Å². The zero-order chi connectivity index (χ0) is 36.6. The van der Waals surface area contributed by atoms with Crippen molar-refractivity contribution in [1.29, 1.82) is 5.26 Å². The lowest BCUT2D eigenvalue weighted by Crippen LogP contribution is -2.33. The van der Waals surface area contributed by atoms with Gasteiger partial charge in [0, 0.05) is 34.5 Å². The Bertz CT molecular complexity index is 2190. The quantitative estimate of drug-likeness (QED) is 0.0999. The normalized spacial score (nSPS) is 12.9. The Morgan fingerprint density at radius 2 is 1.62 bits per heavy atom. The number of fused-ring (bicyclic) bond motifs is 1. The number of thioether (sulfide) groups is 1. The molecule has 9 nitrogen and oxygen atoms in total. The van der Waals surface area contributed by atoms with Crippen LogP contribution in [0.5, 0.6) is 0 Å². The van der Waals surface area contributed by atoms with E-state index in [1.165, 1.54) is 30.0 Å². The van der Waals surface area contributed by atoms with Crippen molar-refractivity contribution in [1.82, 2.24) is 10.2 Å². The van der Waals surface area contributed by atoms with E-state index in [9.17, 15) is 24.4 Å². The van der Waals surface area contributed by atoms with Crippen LogP contribution in [0, 0.1) is 18.3 Å². The average Bonchev–Trinajstić information content (AvgIpc) is 3.51. The molecule has 52 heavy (non-hydrogen) atoms. The average molecular weight is 726 g/mol. The number of nitrogens with one attached hydrogen (secondary N) is 3. The lowest BCUT2D eigenvalue weighted by molar-refractivity contribution is -0.129. The monoisotopic (exact) mass is 725 g/mol. The Hall–Kier alpha value is -5.96. The lowest BCUT2D eigenvalue weighted by Gasteiger charge is -2.25. The third-order valence-corrected chi connectivity index (χ3v) is 10.8. The fourth-order valence-corrected chi connectivity index (χ4v) is 8.01. The Labute approximate surface area is 310 Å². The van der Waals surface area contributed by atoms with E-state index in [1.807, 2.05) is 73.7 Å². The van der Waals surface area contributed by atoms with Gasteiger partial charge in [-0.05, 0) is 66.4 Å². The molecule has 2 heterocycles. The molecule has 1 aromatic heterocycles. The molecule has 3 N–H and O–H groups in total. The molecule has 0 radical (unpaired) electrons. The fourth-order valence-electron chi connectivity index (χ4n) is 5.71. The van der Waals surface area contributed by atoms with Gasteiger partial charge in [-0.1, -0.05) is 84.4 Å². The first-order valence-corrected chi connectivity index (χ1v) is 18.3. The maximum Gasteiger partial charge on any atom is 0.272 e. The van der Waals surface area contributed by atoms with Gasteiger partial charge < -0.3 is 20.9 Å². The van der Waals surface area contributed by atoms with Crippen LogP contribution in [0.2, 0.25) is 0 Å². The van der Waals surface area contributed by atoms with Crippen LogP contribution in [0.25, 0.3) is 6.08 Å². The maximum absolute atomic E-state index is 14.0. The van der Waals surface area contributed by atoms with Crippen LogP contribution in [0.3, 0.4) is 0 Å². The molecule has 0 saturated heterocycles. The van der Waals surface area contributed by atoms with Crippen molar-refractivity contribution in [2.45, 2.75) is 37.0 Å². The van der Waals surface area contributed by atoms with Gasteiger partial charge in [0.1, 0.15) is 22.0 Å². The third kappa shape index (κ3) is 8.66. The van der Waals surface area contributed by atoms with Crippen LogP contribution in [-0.2, 0) is 27.3 Å². The Morgan fingerprint density at radius 1 is 0.904 bits per heavy atom. The molecule has 260 valence electrons. The minimum Gasteiger partial charge on any atom is -0.337 e. The second kappa shape index (κ2) is 16.4. The Balaban J connectivity index is 1.23. The standard InChI is InChI=1S/C41H35N5O4S2/c1-26-16-18-28(19-17-26)22-35(44-38(48)30-12-7-4-8-13-30)39(49)43-31-14-9-15-32(23-31)51-37(29-10-5-3-6-11-29)40(50)45-41-34(24-42)33-20-21-46(27(2)47)25-36(33)52-41/h3-19,22-23,37H,20-21,25H2,1-2H3,(H,43,49)(H,44,48)(H,45,50)/b35-22+. The van der Waals surface area contributed by atoms with E-state index in [0.717, 1.165) is 27.1 Å². The molecule has 4 amide bonds. The Kier molecular flexibility index (Phi) is 11.3. The maximum atomic E-state index is 14.0. The number of aryl methyl sites for hydroxylation is 1. The predicted molar refractivity (Wildman–Crippen MR) is 206 cm³/mol. The first-order chi connectivity index (χ1) is 25.2. The number of amides is 4. The van der Waals surface area contributed by atoms with E-state index in [0.29, 0.717) is 46.2 Å². The van der Waals surface area contributed by atoms with Gasteiger partial charge in [-0.3, -0.25) is 19.2 Å². The summed E-state index contributed by atoms with van der Waals surface area (Å²) >= 11 is 2.63. The topological polar surface area (TPSA) is 131 Å². The smallest absolute Gasteiger partial charge is 0.272 e. The van der Waals surface area contributed by atoms with Gasteiger partial charge >= 0.3 is 0 Å². The SMILES string of the molecule is CC(=O)N1CCc2c(sc(NC(=O)C(Sc3cccc(NC(=O)/C(=C\c4ccc(C)cc4)NC(=O)c4ccccc4)c3)c3ccccc3)c2C#N)C1. The first-order valence-electron chi connectivity index (χ1n) is 16.6. The number of carbonyl (C=O) groups excluding carboxylic acids is 4. The second-order valence-corrected chi connectivity index (χ2v) is 14.5. The van der Waals surface area contributed by atoms with Crippen LogP contribution in [0.15, 0.2) is 120 Å². The van der Waals surface area contributed by atoms with Crippen molar-refractivity contribution >= 4 is 63.5 Å². The van der Waals surface area contributed by atoms with Crippen molar-refractivity contribution in [3.63, 3.8) is 0 Å². The molecule has 0 saturated carbocycles. The molecule has 0 bridgehead atoms. The predicted octanol–water partition coefficient (Wildman–Crippen LogP) is 7.71.